The van der Waals surface area contributed by atoms with Crippen LogP contribution in [-0.4, -0.2) is 36.1 Å². The molecule has 0 radical (unpaired) electrons. The van der Waals surface area contributed by atoms with Gasteiger partial charge in [0.05, 0.1) is 0 Å². The molecule has 2 saturated heterocycles. The largest absolute Gasteiger partial charge is 0.323 e. The van der Waals surface area contributed by atoms with E-state index in [1.807, 2.05) is 4.90 Å². The maximum absolute atomic E-state index is 12.3. The van der Waals surface area contributed by atoms with Crippen molar-refractivity contribution in [1.82, 2.24) is 10.2 Å². The summed E-state index contributed by atoms with van der Waals surface area (Å²) in [4.78, 5) is 14.2. The van der Waals surface area contributed by atoms with Gasteiger partial charge >= 0.3 is 6.03 Å². The Morgan fingerprint density at radius 2 is 1.85 bits per heavy atom. The van der Waals surface area contributed by atoms with E-state index < -0.39 is 0 Å². The minimum atomic E-state index is -0.0855. The van der Waals surface area contributed by atoms with Crippen LogP contribution in [0.3, 0.4) is 0 Å². The monoisotopic (exact) mass is 313 g/mol. The van der Waals surface area contributed by atoms with Gasteiger partial charge in [0.15, 0.2) is 0 Å². The lowest BCUT2D eigenvalue weighted by atomic mass is 10.1. The zero-order valence-corrected chi connectivity index (χ0v) is 12.5. The van der Waals surface area contributed by atoms with Crippen molar-refractivity contribution in [3.63, 3.8) is 0 Å². The van der Waals surface area contributed by atoms with E-state index in [0.717, 1.165) is 25.9 Å². The van der Waals surface area contributed by atoms with Gasteiger partial charge in [-0.1, -0.05) is 23.2 Å². The number of likely N-dealkylation sites (tertiary alicyclic amines) is 1. The van der Waals surface area contributed by atoms with Gasteiger partial charge in [-0.15, -0.1) is 0 Å². The van der Waals surface area contributed by atoms with Gasteiger partial charge in [-0.3, -0.25) is 0 Å². The Bertz CT molecular complexity index is 503. The van der Waals surface area contributed by atoms with Crippen molar-refractivity contribution < 1.29 is 4.79 Å². The molecule has 2 amide bonds. The molecule has 2 aliphatic heterocycles. The van der Waals surface area contributed by atoms with E-state index in [2.05, 4.69) is 10.6 Å². The highest BCUT2D eigenvalue weighted by atomic mass is 35.5. The highest BCUT2D eigenvalue weighted by Gasteiger charge is 2.31. The van der Waals surface area contributed by atoms with Crippen LogP contribution in [0.1, 0.15) is 19.3 Å². The standard InChI is InChI=1S/C14H17Cl2N3O/c15-9-5-10(16)7-13(6-9)18-14(20)19-4-3-11-1-2-12(8-19)17-11/h5-7,11-12,17H,1-4,8H2,(H,18,20). The molecule has 2 heterocycles. The fourth-order valence-corrected chi connectivity index (χ4v) is 3.48. The van der Waals surface area contributed by atoms with Gasteiger partial charge in [0.25, 0.3) is 0 Å². The molecular weight excluding hydrogens is 297 g/mol. The molecule has 2 bridgehead atoms. The summed E-state index contributed by atoms with van der Waals surface area (Å²) in [6.07, 6.45) is 3.39. The molecule has 20 heavy (non-hydrogen) atoms. The fraction of sp³-hybridized carbons (Fsp3) is 0.500. The molecule has 0 aromatic heterocycles. The first-order chi connectivity index (χ1) is 9.60. The number of urea groups is 1. The Morgan fingerprint density at radius 1 is 1.15 bits per heavy atom. The summed E-state index contributed by atoms with van der Waals surface area (Å²) in [6, 6.07) is 5.96. The Labute approximate surface area is 128 Å². The molecule has 2 aliphatic rings. The topological polar surface area (TPSA) is 44.4 Å². The number of carbonyl (C=O) groups is 1. The lowest BCUT2D eigenvalue weighted by Gasteiger charge is -2.24. The number of halogens is 2. The molecule has 2 atom stereocenters. The quantitative estimate of drug-likeness (QED) is 0.835. The SMILES string of the molecule is O=C(Nc1cc(Cl)cc(Cl)c1)N1CCC2CCC(C1)N2. The Balaban J connectivity index is 1.66. The molecule has 4 nitrogen and oxygen atoms in total. The van der Waals surface area contributed by atoms with Crippen LogP contribution in [0.5, 0.6) is 0 Å². The summed E-state index contributed by atoms with van der Waals surface area (Å²) in [5.41, 5.74) is 0.634. The number of fused-ring (bicyclic) bond motifs is 2. The first-order valence-corrected chi connectivity index (χ1v) is 7.64. The van der Waals surface area contributed by atoms with E-state index >= 15 is 0 Å². The number of carbonyl (C=O) groups excluding carboxylic acids is 1. The van der Waals surface area contributed by atoms with Crippen LogP contribution in [-0.2, 0) is 0 Å². The molecule has 0 saturated carbocycles. The van der Waals surface area contributed by atoms with Crippen molar-refractivity contribution in [2.45, 2.75) is 31.3 Å². The number of anilines is 1. The van der Waals surface area contributed by atoms with Crippen LogP contribution in [0.2, 0.25) is 10.0 Å². The van der Waals surface area contributed by atoms with Crippen LogP contribution in [0.25, 0.3) is 0 Å². The molecule has 0 spiro atoms. The van der Waals surface area contributed by atoms with Crippen molar-refractivity contribution in [2.24, 2.45) is 0 Å². The zero-order chi connectivity index (χ0) is 14.1. The molecule has 1 aromatic rings. The predicted molar refractivity (Wildman–Crippen MR) is 81.6 cm³/mol. The first-order valence-electron chi connectivity index (χ1n) is 6.88. The first kappa shape index (κ1) is 14.0. The summed E-state index contributed by atoms with van der Waals surface area (Å²) in [6.45, 7) is 1.55. The molecule has 2 unspecified atom stereocenters. The number of hydrogen-bond donors (Lipinski definition) is 2. The number of benzene rings is 1. The maximum Gasteiger partial charge on any atom is 0.321 e. The number of amides is 2. The Hall–Kier alpha value is -0.970. The zero-order valence-electron chi connectivity index (χ0n) is 11.0. The summed E-state index contributed by atoms with van der Waals surface area (Å²) >= 11 is 11.9. The van der Waals surface area contributed by atoms with Crippen molar-refractivity contribution in [3.05, 3.63) is 28.2 Å². The second kappa shape index (κ2) is 5.80. The van der Waals surface area contributed by atoms with Crippen LogP contribution in [0.15, 0.2) is 18.2 Å². The highest BCUT2D eigenvalue weighted by Crippen LogP contribution is 2.24. The molecular formula is C14H17Cl2N3O. The van der Waals surface area contributed by atoms with Crippen LogP contribution in [0, 0.1) is 0 Å². The van der Waals surface area contributed by atoms with E-state index in [1.165, 1.54) is 6.42 Å². The lowest BCUT2D eigenvalue weighted by Crippen LogP contribution is -2.41. The number of nitrogens with zero attached hydrogens (tertiary/aromatic N) is 1. The van der Waals surface area contributed by atoms with Gasteiger partial charge in [-0.25, -0.2) is 4.79 Å². The molecule has 108 valence electrons. The third-order valence-electron chi connectivity index (χ3n) is 3.92. The van der Waals surface area contributed by atoms with Crippen molar-refractivity contribution in [1.29, 1.82) is 0 Å². The van der Waals surface area contributed by atoms with E-state index in [-0.39, 0.29) is 6.03 Å². The van der Waals surface area contributed by atoms with E-state index in [0.29, 0.717) is 27.8 Å². The van der Waals surface area contributed by atoms with Crippen LogP contribution in [0.4, 0.5) is 10.5 Å². The maximum atomic E-state index is 12.3. The van der Waals surface area contributed by atoms with Crippen molar-refractivity contribution >= 4 is 34.9 Å². The summed E-state index contributed by atoms with van der Waals surface area (Å²) in [5.74, 6) is 0. The summed E-state index contributed by atoms with van der Waals surface area (Å²) in [7, 11) is 0. The average Bonchev–Trinajstić information content (AvgIpc) is 2.67. The second-order valence-corrected chi connectivity index (χ2v) is 6.33. The Morgan fingerprint density at radius 3 is 2.60 bits per heavy atom. The fourth-order valence-electron chi connectivity index (χ4n) is 2.96. The smallest absolute Gasteiger partial charge is 0.321 e. The number of nitrogens with one attached hydrogen (secondary N) is 2. The van der Waals surface area contributed by atoms with Gasteiger partial charge in [-0.2, -0.15) is 0 Å². The molecule has 1 aromatic carbocycles. The van der Waals surface area contributed by atoms with E-state index in [1.54, 1.807) is 18.2 Å². The highest BCUT2D eigenvalue weighted by molar-refractivity contribution is 6.35. The molecule has 2 N–H and O–H groups in total. The summed E-state index contributed by atoms with van der Waals surface area (Å²) < 4.78 is 0. The third-order valence-corrected chi connectivity index (χ3v) is 4.36. The third kappa shape index (κ3) is 3.19. The molecule has 2 fully saturated rings. The van der Waals surface area contributed by atoms with Gasteiger partial charge in [0.1, 0.15) is 0 Å². The minimum absolute atomic E-state index is 0.0855. The van der Waals surface area contributed by atoms with E-state index in [4.69, 9.17) is 23.2 Å². The summed E-state index contributed by atoms with van der Waals surface area (Å²) in [5, 5.41) is 7.46. The van der Waals surface area contributed by atoms with Crippen molar-refractivity contribution in [2.75, 3.05) is 18.4 Å². The number of hydrogen-bond acceptors (Lipinski definition) is 2. The lowest BCUT2D eigenvalue weighted by molar-refractivity contribution is 0.208. The van der Waals surface area contributed by atoms with Crippen molar-refractivity contribution in [3.8, 4) is 0 Å². The van der Waals surface area contributed by atoms with Gasteiger partial charge in [0, 0.05) is 40.9 Å². The van der Waals surface area contributed by atoms with E-state index in [9.17, 15) is 4.79 Å². The average molecular weight is 314 g/mol. The van der Waals surface area contributed by atoms with Gasteiger partial charge in [0.2, 0.25) is 0 Å². The normalized spacial score (nSPS) is 25.4. The molecule has 6 heteroatoms. The minimum Gasteiger partial charge on any atom is -0.323 e. The predicted octanol–water partition coefficient (Wildman–Crippen LogP) is 3.35. The van der Waals surface area contributed by atoms with Gasteiger partial charge < -0.3 is 15.5 Å². The molecule has 0 aliphatic carbocycles. The number of rotatable bonds is 1. The van der Waals surface area contributed by atoms with Gasteiger partial charge in [-0.05, 0) is 37.5 Å². The Kier molecular flexibility index (Phi) is 4.06. The van der Waals surface area contributed by atoms with Crippen LogP contribution >= 0.6 is 23.2 Å². The second-order valence-electron chi connectivity index (χ2n) is 5.46. The van der Waals surface area contributed by atoms with Crippen LogP contribution < -0.4 is 10.6 Å². The molecule has 3 rings (SSSR count).